The van der Waals surface area contributed by atoms with Crippen LogP contribution in [0, 0.1) is 17.3 Å². The van der Waals surface area contributed by atoms with Crippen LogP contribution in [0.3, 0.4) is 0 Å². The number of methoxy groups -OCH3 is 1. The van der Waals surface area contributed by atoms with Crippen LogP contribution < -0.4 is 21.7 Å². The fourth-order valence-corrected chi connectivity index (χ4v) is 4.97. The Labute approximate surface area is 304 Å². The summed E-state index contributed by atoms with van der Waals surface area (Å²) in [5, 5.41) is 8.00. The Morgan fingerprint density at radius 3 is 2.13 bits per heavy atom. The van der Waals surface area contributed by atoms with Crippen molar-refractivity contribution < 1.29 is 47.8 Å². The molecule has 0 aromatic heterocycles. The fraction of sp³-hybridized carbons (Fsp3) is 0.556. The standard InChI is InChI=1S/C36H52N6O10/c1-23(2)27(20-26(43)15-17-41(18-19-51-6)31(46)21-42-29(44)13-14-30(42)45)32(47)40-28(8-7-16-38-35(37)50)33(48)39-25-11-9-24(10-12-25)22-52-34(49)36(3,4)5/h9-14,23,27-28H,7-8,15-22H2,1-6H3,(H,39,48)(H,40,47)(H3,37,38,50)/t27-,28-/m0/s1. The van der Waals surface area contributed by atoms with E-state index in [0.29, 0.717) is 17.7 Å². The summed E-state index contributed by atoms with van der Waals surface area (Å²) in [6.45, 7) is 8.81. The molecule has 52 heavy (non-hydrogen) atoms. The molecular formula is C36H52N6O10. The van der Waals surface area contributed by atoms with Crippen LogP contribution >= 0.6 is 0 Å². The van der Waals surface area contributed by atoms with Gasteiger partial charge in [0.15, 0.2) is 0 Å². The van der Waals surface area contributed by atoms with Crippen LogP contribution in [0.5, 0.6) is 0 Å². The third-order valence-corrected chi connectivity index (χ3v) is 8.17. The second kappa shape index (κ2) is 20.7. The maximum absolute atomic E-state index is 13.6. The van der Waals surface area contributed by atoms with Crippen LogP contribution in [-0.2, 0) is 49.6 Å². The molecule has 0 fully saturated rings. The number of rotatable bonds is 21. The van der Waals surface area contributed by atoms with Crippen molar-refractivity contribution >= 4 is 53.0 Å². The molecule has 1 aromatic rings. The summed E-state index contributed by atoms with van der Waals surface area (Å²) in [7, 11) is 1.45. The fourth-order valence-electron chi connectivity index (χ4n) is 4.97. The molecule has 16 heteroatoms. The highest BCUT2D eigenvalue weighted by Crippen LogP contribution is 2.20. The summed E-state index contributed by atoms with van der Waals surface area (Å²) in [5.41, 5.74) is 5.65. The van der Waals surface area contributed by atoms with E-state index in [1.54, 1.807) is 58.9 Å². The van der Waals surface area contributed by atoms with Gasteiger partial charge in [-0.15, -0.1) is 0 Å². The molecule has 0 saturated carbocycles. The van der Waals surface area contributed by atoms with Crippen molar-refractivity contribution in [2.45, 2.75) is 73.0 Å². The minimum absolute atomic E-state index is 0.0210. The van der Waals surface area contributed by atoms with E-state index in [2.05, 4.69) is 16.0 Å². The lowest BCUT2D eigenvalue weighted by atomic mass is 9.88. The van der Waals surface area contributed by atoms with Gasteiger partial charge in [-0.05, 0) is 57.2 Å². The minimum atomic E-state index is -1.03. The Bertz CT molecular complexity index is 1470. The molecule has 16 nitrogen and oxygen atoms in total. The van der Waals surface area contributed by atoms with Crippen molar-refractivity contribution in [1.82, 2.24) is 20.4 Å². The minimum Gasteiger partial charge on any atom is -0.460 e. The molecule has 1 heterocycles. The van der Waals surface area contributed by atoms with Crippen molar-refractivity contribution in [2.75, 3.05) is 45.2 Å². The lowest BCUT2D eigenvalue weighted by Gasteiger charge is -2.26. The zero-order valence-corrected chi connectivity index (χ0v) is 30.8. The Morgan fingerprint density at radius 2 is 1.58 bits per heavy atom. The summed E-state index contributed by atoms with van der Waals surface area (Å²) in [6, 6.07) is 4.92. The van der Waals surface area contributed by atoms with Gasteiger partial charge >= 0.3 is 12.0 Å². The number of anilines is 1. The van der Waals surface area contributed by atoms with Gasteiger partial charge in [0.1, 0.15) is 25.0 Å². The Kier molecular flexibility index (Phi) is 17.1. The van der Waals surface area contributed by atoms with Gasteiger partial charge in [-0.2, -0.15) is 0 Å². The number of imide groups is 1. The molecule has 286 valence electrons. The molecule has 2 rings (SSSR count). The number of hydrogen-bond donors (Lipinski definition) is 4. The molecule has 1 aromatic carbocycles. The highest BCUT2D eigenvalue weighted by Gasteiger charge is 2.31. The quantitative estimate of drug-likeness (QED) is 0.0814. The van der Waals surface area contributed by atoms with Gasteiger partial charge < -0.3 is 36.1 Å². The molecule has 0 unspecified atom stereocenters. The number of nitrogens with one attached hydrogen (secondary N) is 3. The Balaban J connectivity index is 2.07. The van der Waals surface area contributed by atoms with Crippen LogP contribution in [0.1, 0.15) is 65.9 Å². The molecule has 2 atom stereocenters. The number of primary amides is 1. The molecule has 1 aliphatic heterocycles. The van der Waals surface area contributed by atoms with Gasteiger partial charge in [-0.1, -0.05) is 26.0 Å². The largest absolute Gasteiger partial charge is 0.460 e. The van der Waals surface area contributed by atoms with Gasteiger partial charge in [0.25, 0.3) is 11.8 Å². The van der Waals surface area contributed by atoms with E-state index in [9.17, 15) is 38.4 Å². The predicted molar refractivity (Wildman–Crippen MR) is 190 cm³/mol. The SMILES string of the molecule is COCCN(CCC(=O)C[C@H](C(=O)N[C@@H](CCCNC(N)=O)C(=O)Nc1ccc(COC(=O)C(C)(C)C)cc1)C(C)C)C(=O)CN1C(=O)C=CC1=O. The lowest BCUT2D eigenvalue weighted by molar-refractivity contribution is -0.154. The van der Waals surface area contributed by atoms with Gasteiger partial charge in [0.2, 0.25) is 17.7 Å². The topological polar surface area (TPSA) is 224 Å². The normalized spacial score (nSPS) is 13.8. The Morgan fingerprint density at radius 1 is 0.942 bits per heavy atom. The lowest BCUT2D eigenvalue weighted by Crippen LogP contribution is -2.47. The number of nitrogens with zero attached hydrogens (tertiary/aromatic N) is 2. The van der Waals surface area contributed by atoms with Crippen LogP contribution in [0.25, 0.3) is 0 Å². The van der Waals surface area contributed by atoms with E-state index in [4.69, 9.17) is 15.2 Å². The molecule has 1 aliphatic rings. The van der Waals surface area contributed by atoms with E-state index < -0.39 is 59.5 Å². The van der Waals surface area contributed by atoms with E-state index in [0.717, 1.165) is 17.1 Å². The zero-order valence-electron chi connectivity index (χ0n) is 30.8. The number of Topliss-reactive ketones (excluding diaryl/α,β-unsaturated/α-hetero) is 1. The second-order valence-electron chi connectivity index (χ2n) is 13.8. The first-order valence-electron chi connectivity index (χ1n) is 17.2. The molecule has 0 spiro atoms. The zero-order chi connectivity index (χ0) is 39.0. The molecule has 0 aliphatic carbocycles. The number of carbonyl (C=O) groups excluding carboxylic acids is 8. The van der Waals surface area contributed by atoms with Crippen molar-refractivity contribution in [1.29, 1.82) is 0 Å². The monoisotopic (exact) mass is 728 g/mol. The van der Waals surface area contributed by atoms with Crippen LogP contribution in [0.2, 0.25) is 0 Å². The van der Waals surface area contributed by atoms with E-state index in [1.807, 2.05) is 0 Å². The maximum Gasteiger partial charge on any atom is 0.312 e. The van der Waals surface area contributed by atoms with Gasteiger partial charge in [-0.3, -0.25) is 38.5 Å². The van der Waals surface area contributed by atoms with Crippen LogP contribution in [-0.4, -0.2) is 103 Å². The highest BCUT2D eigenvalue weighted by molar-refractivity contribution is 6.14. The number of esters is 1. The highest BCUT2D eigenvalue weighted by atomic mass is 16.5. The molecular weight excluding hydrogens is 676 g/mol. The first kappa shape index (κ1) is 43.0. The Hall–Kier alpha value is -5.12. The molecule has 5 N–H and O–H groups in total. The number of urea groups is 1. The summed E-state index contributed by atoms with van der Waals surface area (Å²) in [4.78, 5) is 102. The number of hydrogen-bond acceptors (Lipinski definition) is 10. The molecule has 0 saturated heterocycles. The predicted octanol–water partition coefficient (Wildman–Crippen LogP) is 1.67. The number of ketones is 1. The molecule has 0 radical (unpaired) electrons. The van der Waals surface area contributed by atoms with Crippen LogP contribution in [0.15, 0.2) is 36.4 Å². The van der Waals surface area contributed by atoms with Gasteiger partial charge in [-0.25, -0.2) is 4.79 Å². The van der Waals surface area contributed by atoms with Crippen molar-refractivity contribution in [3.8, 4) is 0 Å². The number of amides is 7. The molecule has 7 amide bonds. The first-order valence-corrected chi connectivity index (χ1v) is 17.2. The average molecular weight is 729 g/mol. The van der Waals surface area contributed by atoms with Crippen molar-refractivity contribution in [3.63, 3.8) is 0 Å². The van der Waals surface area contributed by atoms with Gasteiger partial charge in [0.05, 0.1) is 12.0 Å². The number of ether oxygens (including phenoxy) is 2. The van der Waals surface area contributed by atoms with E-state index >= 15 is 0 Å². The van der Waals surface area contributed by atoms with Crippen molar-refractivity contribution in [3.05, 3.63) is 42.0 Å². The smallest absolute Gasteiger partial charge is 0.312 e. The van der Waals surface area contributed by atoms with Crippen LogP contribution in [0.4, 0.5) is 10.5 Å². The summed E-state index contributed by atoms with van der Waals surface area (Å²) >= 11 is 0. The van der Waals surface area contributed by atoms with Gasteiger partial charge in [0, 0.05) is 63.3 Å². The maximum atomic E-state index is 13.6. The number of carbonyl (C=O) groups is 8. The third-order valence-electron chi connectivity index (χ3n) is 8.17. The van der Waals surface area contributed by atoms with E-state index in [-0.39, 0.29) is 69.8 Å². The van der Waals surface area contributed by atoms with E-state index in [1.165, 1.54) is 12.0 Å². The summed E-state index contributed by atoms with van der Waals surface area (Å²) in [6.07, 6.45) is 2.35. The number of benzene rings is 1. The summed E-state index contributed by atoms with van der Waals surface area (Å²) in [5.74, 6) is -4.54. The van der Waals surface area contributed by atoms with Crippen molar-refractivity contribution in [2.24, 2.45) is 23.0 Å². The third kappa shape index (κ3) is 14.6. The first-order chi connectivity index (χ1) is 24.4. The molecule has 0 bridgehead atoms. The second-order valence-corrected chi connectivity index (χ2v) is 13.8. The summed E-state index contributed by atoms with van der Waals surface area (Å²) < 4.78 is 10.4. The average Bonchev–Trinajstić information content (AvgIpc) is 3.39. The number of nitrogens with two attached hydrogens (primary N) is 1.